The van der Waals surface area contributed by atoms with Crippen molar-refractivity contribution in [3.8, 4) is 0 Å². The molecule has 2 unspecified atom stereocenters. The lowest BCUT2D eigenvalue weighted by molar-refractivity contribution is 0.101. The van der Waals surface area contributed by atoms with Gasteiger partial charge in [0, 0.05) is 0 Å². The maximum Gasteiger partial charge on any atom is 0.0565 e. The summed E-state index contributed by atoms with van der Waals surface area (Å²) in [5.74, 6) is 0.497. The van der Waals surface area contributed by atoms with E-state index in [1.165, 1.54) is 25.7 Å². The number of unbranched alkanes of at least 4 members (excludes halogenated alkanes) is 2. The van der Waals surface area contributed by atoms with Gasteiger partial charge in [0.05, 0.1) is 6.10 Å². The number of rotatable bonds is 7. The Balaban J connectivity index is 3.35. The molecule has 0 radical (unpaired) electrons. The molecule has 0 aromatic carbocycles. The molecule has 74 valence electrons. The smallest absolute Gasteiger partial charge is 0.0565 e. The van der Waals surface area contributed by atoms with E-state index in [1.54, 1.807) is 0 Å². The fourth-order valence-electron chi connectivity index (χ4n) is 1.49. The molecule has 0 heterocycles. The fourth-order valence-corrected chi connectivity index (χ4v) is 1.49. The van der Waals surface area contributed by atoms with Crippen molar-refractivity contribution in [3.63, 3.8) is 0 Å². The van der Waals surface area contributed by atoms with Gasteiger partial charge in [-0.05, 0) is 18.8 Å². The highest BCUT2D eigenvalue weighted by Gasteiger charge is 2.11. The quantitative estimate of drug-likeness (QED) is 0.584. The van der Waals surface area contributed by atoms with Crippen LogP contribution >= 0.6 is 0 Å². The lowest BCUT2D eigenvalue weighted by Crippen LogP contribution is -2.16. The van der Waals surface area contributed by atoms with Gasteiger partial charge in [-0.25, -0.2) is 0 Å². The Bertz CT molecular complexity index is 91.0. The van der Waals surface area contributed by atoms with Crippen molar-refractivity contribution in [3.05, 3.63) is 0 Å². The Morgan fingerprint density at radius 1 is 1.00 bits per heavy atom. The van der Waals surface area contributed by atoms with Gasteiger partial charge in [-0.1, -0.05) is 46.5 Å². The molecule has 0 aliphatic carbocycles. The normalized spacial score (nSPS) is 16.0. The molecule has 0 bridgehead atoms. The molecule has 0 aromatic rings. The minimum atomic E-state index is -0.0631. The number of hydrogen-bond acceptors (Lipinski definition) is 1. The molecule has 2 atom stereocenters. The summed E-state index contributed by atoms with van der Waals surface area (Å²) in [5, 5.41) is 9.62. The molecule has 0 saturated heterocycles. The van der Waals surface area contributed by atoms with Crippen molar-refractivity contribution >= 4 is 0 Å². The van der Waals surface area contributed by atoms with Gasteiger partial charge in [0.2, 0.25) is 0 Å². The van der Waals surface area contributed by atoms with Crippen molar-refractivity contribution < 1.29 is 5.11 Å². The van der Waals surface area contributed by atoms with Crippen molar-refractivity contribution in [1.29, 1.82) is 0 Å². The zero-order valence-corrected chi connectivity index (χ0v) is 8.84. The summed E-state index contributed by atoms with van der Waals surface area (Å²) in [5.41, 5.74) is 0. The van der Waals surface area contributed by atoms with E-state index in [4.69, 9.17) is 0 Å². The Labute approximate surface area is 77.2 Å². The highest BCUT2D eigenvalue weighted by molar-refractivity contribution is 4.63. The van der Waals surface area contributed by atoms with Crippen LogP contribution in [0.3, 0.4) is 0 Å². The minimum absolute atomic E-state index is 0.0631. The molecule has 0 fully saturated rings. The van der Waals surface area contributed by atoms with E-state index in [1.807, 2.05) is 0 Å². The molecule has 1 N–H and O–H groups in total. The summed E-state index contributed by atoms with van der Waals surface area (Å²) in [4.78, 5) is 0. The van der Waals surface area contributed by atoms with E-state index in [9.17, 15) is 5.11 Å². The Hall–Kier alpha value is -0.0400. The van der Waals surface area contributed by atoms with Crippen LogP contribution < -0.4 is 0 Å². The molecule has 0 aliphatic heterocycles. The van der Waals surface area contributed by atoms with Crippen molar-refractivity contribution in [1.82, 2.24) is 0 Å². The van der Waals surface area contributed by atoms with E-state index in [2.05, 4.69) is 20.8 Å². The van der Waals surface area contributed by atoms with Crippen molar-refractivity contribution in [2.45, 2.75) is 65.4 Å². The molecule has 0 spiro atoms. The van der Waals surface area contributed by atoms with Crippen LogP contribution in [0, 0.1) is 5.92 Å². The van der Waals surface area contributed by atoms with Crippen LogP contribution in [0.1, 0.15) is 59.3 Å². The average Bonchev–Trinajstić information content (AvgIpc) is 2.05. The summed E-state index contributed by atoms with van der Waals surface area (Å²) < 4.78 is 0. The third-order valence-corrected chi connectivity index (χ3v) is 2.50. The van der Waals surface area contributed by atoms with E-state index < -0.39 is 0 Å². The Morgan fingerprint density at radius 3 is 2.17 bits per heavy atom. The van der Waals surface area contributed by atoms with Crippen LogP contribution in [0.25, 0.3) is 0 Å². The van der Waals surface area contributed by atoms with Gasteiger partial charge in [0.1, 0.15) is 0 Å². The first-order valence-corrected chi connectivity index (χ1v) is 5.40. The number of aliphatic hydroxyl groups excluding tert-OH is 1. The summed E-state index contributed by atoms with van der Waals surface area (Å²) in [6.07, 6.45) is 7.05. The predicted octanol–water partition coefficient (Wildman–Crippen LogP) is 3.36. The lowest BCUT2D eigenvalue weighted by atomic mass is 9.95. The van der Waals surface area contributed by atoms with Gasteiger partial charge in [-0.3, -0.25) is 0 Å². The monoisotopic (exact) mass is 172 g/mol. The Morgan fingerprint density at radius 2 is 1.67 bits per heavy atom. The van der Waals surface area contributed by atoms with Crippen LogP contribution in [-0.2, 0) is 0 Å². The van der Waals surface area contributed by atoms with Gasteiger partial charge >= 0.3 is 0 Å². The number of aliphatic hydroxyl groups is 1. The highest BCUT2D eigenvalue weighted by Crippen LogP contribution is 2.16. The molecule has 1 heteroatoms. The zero-order valence-electron chi connectivity index (χ0n) is 8.84. The van der Waals surface area contributed by atoms with E-state index in [-0.39, 0.29) is 6.10 Å². The van der Waals surface area contributed by atoms with Crippen molar-refractivity contribution in [2.24, 2.45) is 5.92 Å². The fraction of sp³-hybridized carbons (Fsp3) is 1.00. The SMILES string of the molecule is CCCCCC(C)C(O)CCC. The van der Waals surface area contributed by atoms with Crippen LogP contribution in [0.5, 0.6) is 0 Å². The first-order chi connectivity index (χ1) is 5.72. The number of hydrogen-bond donors (Lipinski definition) is 1. The second-order valence-electron chi connectivity index (χ2n) is 3.83. The largest absolute Gasteiger partial charge is 0.393 e. The third-order valence-electron chi connectivity index (χ3n) is 2.50. The average molecular weight is 172 g/mol. The summed E-state index contributed by atoms with van der Waals surface area (Å²) in [6.45, 7) is 6.51. The van der Waals surface area contributed by atoms with E-state index in [0.29, 0.717) is 5.92 Å². The standard InChI is InChI=1S/C11H24O/c1-4-6-7-9-10(3)11(12)8-5-2/h10-12H,4-9H2,1-3H3. The maximum absolute atomic E-state index is 9.62. The molecule has 12 heavy (non-hydrogen) atoms. The summed E-state index contributed by atoms with van der Waals surface area (Å²) in [6, 6.07) is 0. The van der Waals surface area contributed by atoms with E-state index in [0.717, 1.165) is 12.8 Å². The van der Waals surface area contributed by atoms with Crippen LogP contribution in [0.15, 0.2) is 0 Å². The van der Waals surface area contributed by atoms with Gasteiger partial charge in [0.15, 0.2) is 0 Å². The molecule has 0 saturated carbocycles. The molecular weight excluding hydrogens is 148 g/mol. The minimum Gasteiger partial charge on any atom is -0.393 e. The molecule has 0 rings (SSSR count). The zero-order chi connectivity index (χ0) is 9.40. The van der Waals surface area contributed by atoms with Gasteiger partial charge in [-0.2, -0.15) is 0 Å². The van der Waals surface area contributed by atoms with E-state index >= 15 is 0 Å². The summed E-state index contributed by atoms with van der Waals surface area (Å²) in [7, 11) is 0. The predicted molar refractivity (Wildman–Crippen MR) is 54.2 cm³/mol. The maximum atomic E-state index is 9.62. The second kappa shape index (κ2) is 7.60. The van der Waals surface area contributed by atoms with Gasteiger partial charge in [-0.15, -0.1) is 0 Å². The lowest BCUT2D eigenvalue weighted by Gasteiger charge is -2.17. The van der Waals surface area contributed by atoms with Crippen LogP contribution in [0.4, 0.5) is 0 Å². The molecule has 0 aliphatic rings. The van der Waals surface area contributed by atoms with Gasteiger partial charge < -0.3 is 5.11 Å². The molecule has 0 aromatic heterocycles. The van der Waals surface area contributed by atoms with Crippen LogP contribution in [-0.4, -0.2) is 11.2 Å². The van der Waals surface area contributed by atoms with Crippen LogP contribution in [0.2, 0.25) is 0 Å². The second-order valence-corrected chi connectivity index (χ2v) is 3.83. The first kappa shape index (κ1) is 12.0. The molecule has 1 nitrogen and oxygen atoms in total. The van der Waals surface area contributed by atoms with Gasteiger partial charge in [0.25, 0.3) is 0 Å². The van der Waals surface area contributed by atoms with Crippen molar-refractivity contribution in [2.75, 3.05) is 0 Å². The summed E-state index contributed by atoms with van der Waals surface area (Å²) >= 11 is 0. The first-order valence-electron chi connectivity index (χ1n) is 5.40. The topological polar surface area (TPSA) is 20.2 Å². The Kier molecular flexibility index (Phi) is 7.58. The molecular formula is C11H24O. The highest BCUT2D eigenvalue weighted by atomic mass is 16.3. The molecule has 0 amide bonds. The third kappa shape index (κ3) is 5.59.